The number of halogens is 3. The highest BCUT2D eigenvalue weighted by molar-refractivity contribution is 5.79. The van der Waals surface area contributed by atoms with E-state index in [4.69, 9.17) is 4.74 Å². The summed E-state index contributed by atoms with van der Waals surface area (Å²) in [7, 11) is 1.22. The minimum Gasteiger partial charge on any atom is -0.481 e. The van der Waals surface area contributed by atoms with E-state index >= 15 is 0 Å². The number of nitrogens with zero attached hydrogens (tertiary/aromatic N) is 2. The fraction of sp³-hybridized carbons (Fsp3) is 0.519. The van der Waals surface area contributed by atoms with Gasteiger partial charge in [0.1, 0.15) is 5.56 Å². The molecule has 1 aromatic heterocycles. The Hall–Kier alpha value is -2.54. The van der Waals surface area contributed by atoms with Crippen LogP contribution in [0.3, 0.4) is 0 Å². The molecule has 1 saturated carbocycles. The van der Waals surface area contributed by atoms with Gasteiger partial charge in [-0.25, -0.2) is 4.98 Å². The van der Waals surface area contributed by atoms with Gasteiger partial charge in [-0.2, -0.15) is 13.2 Å². The molecule has 0 atom stereocenters. The molecule has 0 amide bonds. The van der Waals surface area contributed by atoms with Gasteiger partial charge in [0.2, 0.25) is 5.88 Å². The summed E-state index contributed by atoms with van der Waals surface area (Å²) >= 11 is 0. The Balaban J connectivity index is 1.80. The summed E-state index contributed by atoms with van der Waals surface area (Å²) in [6, 6.07) is 10.6. The molecule has 0 saturated heterocycles. The van der Waals surface area contributed by atoms with Crippen LogP contribution in [-0.4, -0.2) is 43.2 Å². The standard InChI is InChI=1S/C27H36F3N3O/c1-4-33(5-2)18-8-17-31-22-13-11-21(12-14-22)23(19-20-9-6-7-10-20)25-16-15-24(27(28,29)30)26(32-25)34-3/h11-16,19-20,31H,4-10,17-18H2,1-3H3/b23-19+. The van der Waals surface area contributed by atoms with Gasteiger partial charge < -0.3 is 15.0 Å². The number of pyridine rings is 1. The third-order valence-corrected chi connectivity index (χ3v) is 6.51. The van der Waals surface area contributed by atoms with Crippen molar-refractivity contribution in [1.29, 1.82) is 0 Å². The highest BCUT2D eigenvalue weighted by atomic mass is 19.4. The third-order valence-electron chi connectivity index (χ3n) is 6.51. The number of aromatic nitrogens is 1. The fourth-order valence-corrected chi connectivity index (χ4v) is 4.49. The summed E-state index contributed by atoms with van der Waals surface area (Å²) in [5.41, 5.74) is 2.46. The second kappa shape index (κ2) is 12.2. The average molecular weight is 476 g/mol. The molecule has 34 heavy (non-hydrogen) atoms. The number of alkyl halides is 3. The van der Waals surface area contributed by atoms with Gasteiger partial charge in [-0.15, -0.1) is 0 Å². The van der Waals surface area contributed by atoms with Crippen LogP contribution in [0.25, 0.3) is 5.57 Å². The third kappa shape index (κ3) is 6.98. The Kier molecular flexibility index (Phi) is 9.39. The average Bonchev–Trinajstić information content (AvgIpc) is 3.35. The Labute approximate surface area is 201 Å². The molecule has 1 N–H and O–H groups in total. The SMILES string of the molecule is CCN(CC)CCCNc1ccc(/C(=C\C2CCCC2)c2ccc(C(F)(F)F)c(OC)n2)cc1. The van der Waals surface area contributed by atoms with Crippen molar-refractivity contribution >= 4 is 11.3 Å². The van der Waals surface area contributed by atoms with Crippen molar-refractivity contribution in [2.45, 2.75) is 52.1 Å². The van der Waals surface area contributed by atoms with E-state index in [-0.39, 0.29) is 0 Å². The van der Waals surface area contributed by atoms with Crippen LogP contribution in [0, 0.1) is 5.92 Å². The van der Waals surface area contributed by atoms with E-state index in [1.165, 1.54) is 26.0 Å². The molecule has 7 heteroatoms. The number of anilines is 1. The van der Waals surface area contributed by atoms with E-state index in [1.807, 2.05) is 24.3 Å². The summed E-state index contributed by atoms with van der Waals surface area (Å²) < 4.78 is 45.0. The first kappa shape index (κ1) is 26.1. The van der Waals surface area contributed by atoms with Gasteiger partial charge in [0.05, 0.1) is 12.8 Å². The number of hydrogen-bond donors (Lipinski definition) is 1. The van der Waals surface area contributed by atoms with Crippen LogP contribution >= 0.6 is 0 Å². The predicted molar refractivity (Wildman–Crippen MR) is 132 cm³/mol. The molecular weight excluding hydrogens is 439 g/mol. The summed E-state index contributed by atoms with van der Waals surface area (Å²) in [6.07, 6.45) is 3.26. The van der Waals surface area contributed by atoms with Crippen molar-refractivity contribution in [2.75, 3.05) is 38.6 Å². The van der Waals surface area contributed by atoms with Crippen LogP contribution in [0.4, 0.5) is 18.9 Å². The predicted octanol–water partition coefficient (Wildman–Crippen LogP) is 6.87. The van der Waals surface area contributed by atoms with Crippen LogP contribution in [0.2, 0.25) is 0 Å². The maximum absolute atomic E-state index is 13.3. The Morgan fingerprint density at radius 2 is 1.76 bits per heavy atom. The normalized spacial score (nSPS) is 15.2. The van der Waals surface area contributed by atoms with Crippen molar-refractivity contribution in [2.24, 2.45) is 5.92 Å². The molecule has 3 rings (SSSR count). The van der Waals surface area contributed by atoms with Crippen molar-refractivity contribution in [3.05, 3.63) is 59.3 Å². The maximum atomic E-state index is 13.3. The lowest BCUT2D eigenvalue weighted by molar-refractivity contribution is -0.139. The molecule has 1 aliphatic rings. The lowest BCUT2D eigenvalue weighted by Gasteiger charge is -2.18. The van der Waals surface area contributed by atoms with Gasteiger partial charge in [-0.1, -0.05) is 44.9 Å². The van der Waals surface area contributed by atoms with Gasteiger partial charge in [-0.05, 0) is 74.6 Å². The largest absolute Gasteiger partial charge is 0.481 e. The van der Waals surface area contributed by atoms with Crippen LogP contribution in [0.15, 0.2) is 42.5 Å². The van der Waals surface area contributed by atoms with Gasteiger partial charge >= 0.3 is 6.18 Å². The van der Waals surface area contributed by atoms with Gasteiger partial charge in [0.25, 0.3) is 0 Å². The Morgan fingerprint density at radius 3 is 2.35 bits per heavy atom. The highest BCUT2D eigenvalue weighted by Crippen LogP contribution is 2.37. The highest BCUT2D eigenvalue weighted by Gasteiger charge is 2.35. The molecule has 2 aromatic rings. The smallest absolute Gasteiger partial charge is 0.421 e. The minimum absolute atomic E-state index is 0.395. The summed E-state index contributed by atoms with van der Waals surface area (Å²) in [6.45, 7) is 8.42. The van der Waals surface area contributed by atoms with E-state index in [9.17, 15) is 13.2 Å². The van der Waals surface area contributed by atoms with Gasteiger partial charge in [0.15, 0.2) is 0 Å². The first-order chi connectivity index (χ1) is 16.4. The van der Waals surface area contributed by atoms with Crippen molar-refractivity contribution in [3.63, 3.8) is 0 Å². The molecule has 0 unspecified atom stereocenters. The number of hydrogen-bond acceptors (Lipinski definition) is 4. The monoisotopic (exact) mass is 475 g/mol. The molecule has 0 aliphatic heterocycles. The minimum atomic E-state index is -4.51. The molecule has 0 radical (unpaired) electrons. The first-order valence-electron chi connectivity index (χ1n) is 12.3. The van der Waals surface area contributed by atoms with Gasteiger partial charge in [0, 0.05) is 17.8 Å². The van der Waals surface area contributed by atoms with Crippen LogP contribution < -0.4 is 10.1 Å². The van der Waals surface area contributed by atoms with Crippen LogP contribution in [0.1, 0.15) is 62.8 Å². The molecule has 186 valence electrons. The topological polar surface area (TPSA) is 37.4 Å². The molecule has 1 aromatic carbocycles. The molecule has 0 bridgehead atoms. The number of nitrogens with one attached hydrogen (secondary N) is 1. The van der Waals surface area contributed by atoms with Crippen LogP contribution in [-0.2, 0) is 6.18 Å². The molecule has 4 nitrogen and oxygen atoms in total. The fourth-order valence-electron chi connectivity index (χ4n) is 4.49. The zero-order valence-corrected chi connectivity index (χ0v) is 20.4. The van der Waals surface area contributed by atoms with E-state index in [0.717, 1.165) is 68.3 Å². The molecule has 1 aliphatic carbocycles. The summed E-state index contributed by atoms with van der Waals surface area (Å²) in [4.78, 5) is 6.66. The second-order valence-electron chi connectivity index (χ2n) is 8.76. The number of methoxy groups -OCH3 is 1. The number of allylic oxidation sites excluding steroid dienone is 1. The van der Waals surface area contributed by atoms with E-state index in [1.54, 1.807) is 0 Å². The van der Waals surface area contributed by atoms with Crippen LogP contribution in [0.5, 0.6) is 5.88 Å². The maximum Gasteiger partial charge on any atom is 0.421 e. The van der Waals surface area contributed by atoms with Crippen molar-refractivity contribution in [1.82, 2.24) is 9.88 Å². The summed E-state index contributed by atoms with van der Waals surface area (Å²) in [5.74, 6) is 0.0109. The summed E-state index contributed by atoms with van der Waals surface area (Å²) in [5, 5.41) is 3.46. The zero-order chi connectivity index (χ0) is 24.6. The van der Waals surface area contributed by atoms with E-state index in [2.05, 4.69) is 35.1 Å². The second-order valence-corrected chi connectivity index (χ2v) is 8.76. The molecule has 0 spiro atoms. The Bertz CT molecular complexity index is 931. The quantitative estimate of drug-likeness (QED) is 0.360. The molecule has 1 heterocycles. The Morgan fingerprint density at radius 1 is 1.09 bits per heavy atom. The lowest BCUT2D eigenvalue weighted by atomic mass is 9.95. The lowest BCUT2D eigenvalue weighted by Crippen LogP contribution is -2.25. The molecule has 1 fully saturated rings. The van der Waals surface area contributed by atoms with Crippen molar-refractivity contribution in [3.8, 4) is 5.88 Å². The number of ether oxygens (including phenoxy) is 1. The molecular formula is C27H36F3N3O. The van der Waals surface area contributed by atoms with Crippen molar-refractivity contribution < 1.29 is 17.9 Å². The first-order valence-corrected chi connectivity index (χ1v) is 12.3. The zero-order valence-electron chi connectivity index (χ0n) is 20.4. The van der Waals surface area contributed by atoms with E-state index in [0.29, 0.717) is 11.6 Å². The number of benzene rings is 1. The van der Waals surface area contributed by atoms with E-state index < -0.39 is 17.6 Å². The number of rotatable bonds is 11. The van der Waals surface area contributed by atoms with Gasteiger partial charge in [-0.3, -0.25) is 0 Å².